The highest BCUT2D eigenvalue weighted by Crippen LogP contribution is 2.31. The molecule has 0 N–H and O–H groups in total. The number of hydrogen-bond donors (Lipinski definition) is 0. The number of nitrogens with zero attached hydrogens (tertiary/aromatic N) is 5. The van der Waals surface area contributed by atoms with Crippen LogP contribution in [0.1, 0.15) is 12.5 Å². The van der Waals surface area contributed by atoms with Gasteiger partial charge in [-0.25, -0.2) is 0 Å². The molecule has 8 heteroatoms. The minimum Gasteiger partial charge on any atom is -0.301 e. The highest BCUT2D eigenvalue weighted by molar-refractivity contribution is 7.99. The van der Waals surface area contributed by atoms with Crippen LogP contribution in [0.4, 0.5) is 5.69 Å². The van der Waals surface area contributed by atoms with E-state index in [-0.39, 0.29) is 10.6 Å². The van der Waals surface area contributed by atoms with E-state index in [9.17, 15) is 10.1 Å². The van der Waals surface area contributed by atoms with E-state index < -0.39 is 0 Å². The topological polar surface area (TPSA) is 86.7 Å². The van der Waals surface area contributed by atoms with Gasteiger partial charge in [0.1, 0.15) is 5.69 Å². The minimum atomic E-state index is -0.377. The van der Waals surface area contributed by atoms with Crippen molar-refractivity contribution >= 4 is 17.4 Å². The molecule has 0 radical (unpaired) electrons. The van der Waals surface area contributed by atoms with Gasteiger partial charge in [-0.1, -0.05) is 6.07 Å². The molecule has 0 spiro atoms. The lowest BCUT2D eigenvalue weighted by Crippen LogP contribution is -2.00. The summed E-state index contributed by atoms with van der Waals surface area (Å²) < 4.78 is 1.98. The number of rotatable bonds is 5. The van der Waals surface area contributed by atoms with E-state index in [2.05, 4.69) is 15.2 Å². The number of aromatic nitrogens is 4. The monoisotopic (exact) mass is 341 g/mol. The summed E-state index contributed by atoms with van der Waals surface area (Å²) in [5, 5.41) is 20.1. The summed E-state index contributed by atoms with van der Waals surface area (Å²) in [7, 11) is 0. The largest absolute Gasteiger partial charge is 0.301 e. The summed E-state index contributed by atoms with van der Waals surface area (Å²) in [6, 6.07) is 10.7. The van der Waals surface area contributed by atoms with Crippen molar-refractivity contribution in [2.75, 3.05) is 0 Å². The molecule has 7 nitrogen and oxygen atoms in total. The predicted molar refractivity (Wildman–Crippen MR) is 90.9 cm³/mol. The molecule has 0 aliphatic carbocycles. The first-order chi connectivity index (χ1) is 11.6. The molecule has 0 fully saturated rings. The van der Waals surface area contributed by atoms with Crippen LogP contribution in [0.5, 0.6) is 0 Å². The standard InChI is InChI=1S/C16H15N5O2S/c1-3-20-15(13-6-4-5-9-17-13)18-19-16(20)24-12-7-8-14(21(22)23)11(2)10-12/h4-10H,3H2,1-2H3. The summed E-state index contributed by atoms with van der Waals surface area (Å²) in [4.78, 5) is 15.7. The highest BCUT2D eigenvalue weighted by atomic mass is 32.2. The van der Waals surface area contributed by atoms with Crippen LogP contribution in [0.2, 0.25) is 0 Å². The maximum absolute atomic E-state index is 10.9. The average Bonchev–Trinajstić information content (AvgIpc) is 2.98. The van der Waals surface area contributed by atoms with Gasteiger partial charge in [-0.2, -0.15) is 0 Å². The van der Waals surface area contributed by atoms with Gasteiger partial charge in [0.15, 0.2) is 11.0 Å². The molecule has 0 saturated heterocycles. The lowest BCUT2D eigenvalue weighted by Gasteiger charge is -2.07. The van der Waals surface area contributed by atoms with Gasteiger partial charge in [0, 0.05) is 29.3 Å². The molecule has 0 saturated carbocycles. The molecule has 0 atom stereocenters. The zero-order chi connectivity index (χ0) is 17.1. The van der Waals surface area contributed by atoms with E-state index in [0.29, 0.717) is 17.9 Å². The van der Waals surface area contributed by atoms with Crippen LogP contribution in [0, 0.1) is 17.0 Å². The fourth-order valence-corrected chi connectivity index (χ4v) is 3.33. The number of benzene rings is 1. The van der Waals surface area contributed by atoms with Gasteiger partial charge in [0.05, 0.1) is 4.92 Å². The van der Waals surface area contributed by atoms with E-state index in [1.165, 1.54) is 17.8 Å². The molecule has 1 aromatic carbocycles. The van der Waals surface area contributed by atoms with Crippen LogP contribution in [0.25, 0.3) is 11.5 Å². The van der Waals surface area contributed by atoms with Crippen LogP contribution in [-0.4, -0.2) is 24.7 Å². The van der Waals surface area contributed by atoms with Gasteiger partial charge < -0.3 is 4.57 Å². The number of hydrogen-bond acceptors (Lipinski definition) is 6. The van der Waals surface area contributed by atoms with Gasteiger partial charge in [-0.05, 0) is 49.9 Å². The highest BCUT2D eigenvalue weighted by Gasteiger charge is 2.16. The first-order valence-corrected chi connectivity index (χ1v) is 8.19. The van der Waals surface area contributed by atoms with E-state index in [4.69, 9.17) is 0 Å². The molecule has 2 heterocycles. The second-order valence-corrected chi connectivity index (χ2v) is 6.11. The Kier molecular flexibility index (Phi) is 4.57. The summed E-state index contributed by atoms with van der Waals surface area (Å²) in [6.07, 6.45) is 1.72. The Morgan fingerprint density at radius 2 is 2.08 bits per heavy atom. The Hall–Kier alpha value is -2.74. The third kappa shape index (κ3) is 3.13. The van der Waals surface area contributed by atoms with Crippen molar-refractivity contribution in [2.24, 2.45) is 0 Å². The lowest BCUT2D eigenvalue weighted by molar-refractivity contribution is -0.385. The molecule has 0 aliphatic rings. The van der Waals surface area contributed by atoms with Gasteiger partial charge in [0.25, 0.3) is 5.69 Å². The molecular formula is C16H15N5O2S. The molecule has 3 rings (SSSR count). The molecule has 0 amide bonds. The number of aryl methyl sites for hydroxylation is 1. The number of nitro groups is 1. The van der Waals surface area contributed by atoms with E-state index in [1.807, 2.05) is 29.7 Å². The Balaban J connectivity index is 1.93. The maximum atomic E-state index is 10.9. The minimum absolute atomic E-state index is 0.116. The second-order valence-electron chi connectivity index (χ2n) is 5.07. The fourth-order valence-electron chi connectivity index (χ4n) is 2.34. The maximum Gasteiger partial charge on any atom is 0.272 e. The van der Waals surface area contributed by atoms with E-state index >= 15 is 0 Å². The normalized spacial score (nSPS) is 10.8. The molecule has 24 heavy (non-hydrogen) atoms. The van der Waals surface area contributed by atoms with Crippen molar-refractivity contribution in [3.8, 4) is 11.5 Å². The second kappa shape index (κ2) is 6.79. The van der Waals surface area contributed by atoms with Gasteiger partial charge in [-0.15, -0.1) is 10.2 Å². The predicted octanol–water partition coefficient (Wildman–Crippen LogP) is 3.73. The van der Waals surface area contributed by atoms with E-state index in [1.54, 1.807) is 25.3 Å². The Morgan fingerprint density at radius 3 is 2.71 bits per heavy atom. The van der Waals surface area contributed by atoms with E-state index in [0.717, 1.165) is 15.7 Å². The quantitative estimate of drug-likeness (QED) is 0.519. The molecule has 0 bridgehead atoms. The molecule has 3 aromatic rings. The van der Waals surface area contributed by atoms with Crippen LogP contribution in [-0.2, 0) is 6.54 Å². The van der Waals surface area contributed by atoms with Crippen molar-refractivity contribution in [2.45, 2.75) is 30.4 Å². The summed E-state index contributed by atoms with van der Waals surface area (Å²) >= 11 is 1.43. The van der Waals surface area contributed by atoms with Gasteiger partial charge in [-0.3, -0.25) is 15.1 Å². The lowest BCUT2D eigenvalue weighted by atomic mass is 10.2. The molecule has 0 unspecified atom stereocenters. The molecular weight excluding hydrogens is 326 g/mol. The third-order valence-corrected chi connectivity index (χ3v) is 4.48. The average molecular weight is 341 g/mol. The first kappa shape index (κ1) is 16.1. The third-order valence-electron chi connectivity index (χ3n) is 3.50. The zero-order valence-corrected chi connectivity index (χ0v) is 14.0. The van der Waals surface area contributed by atoms with Gasteiger partial charge >= 0.3 is 0 Å². The van der Waals surface area contributed by atoms with Crippen molar-refractivity contribution < 1.29 is 4.92 Å². The van der Waals surface area contributed by atoms with Crippen LogP contribution >= 0.6 is 11.8 Å². The van der Waals surface area contributed by atoms with Crippen molar-refractivity contribution in [3.63, 3.8) is 0 Å². The Bertz CT molecular complexity index is 879. The SMILES string of the molecule is CCn1c(Sc2ccc([N+](=O)[O-])c(C)c2)nnc1-c1ccccn1. The van der Waals surface area contributed by atoms with Crippen LogP contribution in [0.15, 0.2) is 52.6 Å². The molecule has 0 aliphatic heterocycles. The van der Waals surface area contributed by atoms with Gasteiger partial charge in [0.2, 0.25) is 0 Å². The Morgan fingerprint density at radius 1 is 1.25 bits per heavy atom. The van der Waals surface area contributed by atoms with Crippen molar-refractivity contribution in [3.05, 3.63) is 58.3 Å². The smallest absolute Gasteiger partial charge is 0.272 e. The Labute approximate surface area is 142 Å². The van der Waals surface area contributed by atoms with Crippen molar-refractivity contribution in [1.82, 2.24) is 19.7 Å². The first-order valence-electron chi connectivity index (χ1n) is 7.37. The summed E-state index contributed by atoms with van der Waals surface area (Å²) in [5.74, 6) is 0.708. The molecule has 2 aromatic heterocycles. The molecule has 122 valence electrons. The number of nitro benzene ring substituents is 1. The summed E-state index contributed by atoms with van der Waals surface area (Å²) in [5.41, 5.74) is 1.50. The van der Waals surface area contributed by atoms with Crippen molar-refractivity contribution in [1.29, 1.82) is 0 Å². The fraction of sp³-hybridized carbons (Fsp3) is 0.188. The van der Waals surface area contributed by atoms with Crippen LogP contribution in [0.3, 0.4) is 0 Å². The zero-order valence-electron chi connectivity index (χ0n) is 13.2. The summed E-state index contributed by atoms with van der Waals surface area (Å²) in [6.45, 7) is 4.44. The number of pyridine rings is 1. The van der Waals surface area contributed by atoms with Crippen LogP contribution < -0.4 is 0 Å².